The summed E-state index contributed by atoms with van der Waals surface area (Å²) in [6.07, 6.45) is 1.20. The Hall–Kier alpha value is -2.31. The predicted molar refractivity (Wildman–Crippen MR) is 68.4 cm³/mol. The largest absolute Gasteiger partial charge is 0.335 e. The average molecular weight is 294 g/mol. The first kappa shape index (κ1) is 13.7. The summed E-state index contributed by atoms with van der Waals surface area (Å²) < 4.78 is 28.1. The van der Waals surface area contributed by atoms with Gasteiger partial charge in [0, 0.05) is 0 Å². The van der Waals surface area contributed by atoms with Gasteiger partial charge in [-0.1, -0.05) is 12.5 Å². The highest BCUT2D eigenvalue weighted by Crippen LogP contribution is 2.46. The van der Waals surface area contributed by atoms with Crippen LogP contribution in [0, 0.1) is 24.0 Å². The van der Waals surface area contributed by atoms with Crippen LogP contribution in [0.4, 0.5) is 19.3 Å². The van der Waals surface area contributed by atoms with Gasteiger partial charge in [-0.15, -0.1) is 0 Å². The van der Waals surface area contributed by atoms with Crippen LogP contribution in [-0.2, 0) is 9.59 Å². The summed E-state index contributed by atoms with van der Waals surface area (Å²) in [7, 11) is 0. The molecule has 0 atom stereocenters. The maximum Gasteiger partial charge on any atom is 0.335 e. The third-order valence-corrected chi connectivity index (χ3v) is 4.16. The highest BCUT2D eigenvalue weighted by Gasteiger charge is 2.58. The molecule has 1 aliphatic carbocycles. The summed E-state index contributed by atoms with van der Waals surface area (Å²) in [5, 5.41) is 2.02. The van der Waals surface area contributed by atoms with Gasteiger partial charge in [-0.3, -0.25) is 14.9 Å². The Morgan fingerprint density at radius 1 is 1.19 bits per heavy atom. The zero-order chi connectivity index (χ0) is 15.4. The lowest BCUT2D eigenvalue weighted by molar-refractivity contribution is -0.148. The van der Waals surface area contributed by atoms with Crippen molar-refractivity contribution < 1.29 is 23.2 Å². The number of anilines is 1. The lowest BCUT2D eigenvalue weighted by Gasteiger charge is -2.44. The maximum absolute atomic E-state index is 14.2. The number of halogens is 2. The van der Waals surface area contributed by atoms with Gasteiger partial charge < -0.3 is 0 Å². The van der Waals surface area contributed by atoms with Gasteiger partial charge in [0.15, 0.2) is 11.6 Å². The molecule has 3 rings (SSSR count). The Morgan fingerprint density at radius 3 is 2.43 bits per heavy atom. The summed E-state index contributed by atoms with van der Waals surface area (Å²) in [6.45, 7) is 1.40. The third-order valence-electron chi connectivity index (χ3n) is 4.16. The van der Waals surface area contributed by atoms with Crippen LogP contribution >= 0.6 is 0 Å². The number of barbiturate groups is 1. The van der Waals surface area contributed by atoms with E-state index in [9.17, 15) is 23.2 Å². The fraction of sp³-hybridized carbons (Fsp3) is 0.357. The number of carbonyl (C=O) groups is 3. The van der Waals surface area contributed by atoms with Gasteiger partial charge in [-0.2, -0.15) is 0 Å². The van der Waals surface area contributed by atoms with E-state index in [4.69, 9.17) is 0 Å². The molecule has 2 aliphatic rings. The number of urea groups is 1. The molecule has 1 heterocycles. The standard InChI is InChI=1S/C14H12F2N2O3/c1-7-3-4-8(15)10(9(7)16)18-12(20)14(5-2-6-14)11(19)17-13(18)21/h3-4H,2,5-6H2,1H3,(H,17,19,21). The molecule has 2 fully saturated rings. The number of amides is 4. The second-order valence-corrected chi connectivity index (χ2v) is 5.36. The van der Waals surface area contributed by atoms with E-state index in [1.54, 1.807) is 0 Å². The minimum Gasteiger partial charge on any atom is -0.276 e. The zero-order valence-electron chi connectivity index (χ0n) is 11.2. The first-order valence-electron chi connectivity index (χ1n) is 6.53. The van der Waals surface area contributed by atoms with E-state index in [1.807, 2.05) is 5.32 Å². The van der Waals surface area contributed by atoms with Crippen LogP contribution in [0.1, 0.15) is 24.8 Å². The number of benzene rings is 1. The van der Waals surface area contributed by atoms with Crippen LogP contribution in [0.25, 0.3) is 0 Å². The van der Waals surface area contributed by atoms with Crippen molar-refractivity contribution in [1.82, 2.24) is 5.32 Å². The van der Waals surface area contributed by atoms with Crippen LogP contribution in [0.3, 0.4) is 0 Å². The van der Waals surface area contributed by atoms with E-state index in [0.29, 0.717) is 11.3 Å². The van der Waals surface area contributed by atoms with Crippen LogP contribution in [0.2, 0.25) is 0 Å². The number of imide groups is 2. The number of rotatable bonds is 1. The lowest BCUT2D eigenvalue weighted by atomic mass is 9.66. The van der Waals surface area contributed by atoms with Crippen molar-refractivity contribution in [3.05, 3.63) is 29.3 Å². The molecule has 1 spiro atoms. The summed E-state index contributed by atoms with van der Waals surface area (Å²) in [4.78, 5) is 36.7. The molecule has 1 aromatic carbocycles. The average Bonchev–Trinajstić information content (AvgIpc) is 2.36. The van der Waals surface area contributed by atoms with Crippen LogP contribution in [0.5, 0.6) is 0 Å². The van der Waals surface area contributed by atoms with E-state index in [-0.39, 0.29) is 18.4 Å². The topological polar surface area (TPSA) is 66.5 Å². The molecule has 1 aromatic rings. The highest BCUT2D eigenvalue weighted by molar-refractivity contribution is 6.30. The maximum atomic E-state index is 14.2. The Bertz CT molecular complexity index is 683. The molecular weight excluding hydrogens is 282 g/mol. The number of nitrogens with one attached hydrogen (secondary N) is 1. The fourth-order valence-corrected chi connectivity index (χ4v) is 2.70. The van der Waals surface area contributed by atoms with Gasteiger partial charge in [0.1, 0.15) is 11.1 Å². The molecule has 0 bridgehead atoms. The molecule has 1 saturated heterocycles. The van der Waals surface area contributed by atoms with Crippen LogP contribution in [0.15, 0.2) is 12.1 Å². The predicted octanol–water partition coefficient (Wildman–Crippen LogP) is 2.03. The quantitative estimate of drug-likeness (QED) is 0.806. The summed E-state index contributed by atoms with van der Waals surface area (Å²) in [5.41, 5.74) is -1.99. The molecule has 110 valence electrons. The molecule has 0 aromatic heterocycles. The monoisotopic (exact) mass is 294 g/mol. The first-order valence-corrected chi connectivity index (χ1v) is 6.53. The summed E-state index contributed by atoms with van der Waals surface area (Å²) in [5.74, 6) is -3.55. The second-order valence-electron chi connectivity index (χ2n) is 5.36. The molecule has 5 nitrogen and oxygen atoms in total. The minimum absolute atomic E-state index is 0.103. The van der Waals surface area contributed by atoms with Gasteiger partial charge in [-0.05, 0) is 31.4 Å². The van der Waals surface area contributed by atoms with Crippen molar-refractivity contribution >= 4 is 23.5 Å². The van der Waals surface area contributed by atoms with Crippen LogP contribution < -0.4 is 10.2 Å². The normalized spacial score (nSPS) is 20.5. The molecule has 0 unspecified atom stereocenters. The number of hydrogen-bond acceptors (Lipinski definition) is 3. The first-order chi connectivity index (χ1) is 9.88. The van der Waals surface area contributed by atoms with E-state index in [1.165, 1.54) is 13.0 Å². The van der Waals surface area contributed by atoms with Crippen LogP contribution in [-0.4, -0.2) is 17.8 Å². The Kier molecular flexibility index (Phi) is 2.82. The lowest BCUT2D eigenvalue weighted by Crippen LogP contribution is -2.66. The van der Waals surface area contributed by atoms with Gasteiger partial charge in [-0.25, -0.2) is 18.5 Å². The fourth-order valence-electron chi connectivity index (χ4n) is 2.70. The van der Waals surface area contributed by atoms with Gasteiger partial charge >= 0.3 is 6.03 Å². The number of hydrogen-bond donors (Lipinski definition) is 1. The van der Waals surface area contributed by atoms with Crippen molar-refractivity contribution in [2.75, 3.05) is 4.90 Å². The minimum atomic E-state index is -1.36. The number of nitrogens with zero attached hydrogens (tertiary/aromatic N) is 1. The third kappa shape index (κ3) is 1.69. The molecule has 21 heavy (non-hydrogen) atoms. The molecule has 1 saturated carbocycles. The zero-order valence-corrected chi connectivity index (χ0v) is 11.2. The van der Waals surface area contributed by atoms with Crippen molar-refractivity contribution in [3.63, 3.8) is 0 Å². The molecular formula is C14H12F2N2O3. The van der Waals surface area contributed by atoms with Gasteiger partial charge in [0.25, 0.3) is 5.91 Å². The molecule has 0 radical (unpaired) electrons. The summed E-state index contributed by atoms with van der Waals surface area (Å²) >= 11 is 0. The second kappa shape index (κ2) is 4.34. The summed E-state index contributed by atoms with van der Waals surface area (Å²) in [6, 6.07) is 1.08. The van der Waals surface area contributed by atoms with Crippen molar-refractivity contribution in [3.8, 4) is 0 Å². The SMILES string of the molecule is Cc1ccc(F)c(N2C(=O)NC(=O)C3(CCC3)C2=O)c1F. The van der Waals surface area contributed by atoms with Crippen molar-refractivity contribution in [2.24, 2.45) is 5.41 Å². The van der Waals surface area contributed by atoms with Gasteiger partial charge in [0.2, 0.25) is 5.91 Å². The Labute approximate surface area is 118 Å². The molecule has 1 aliphatic heterocycles. The molecule has 1 N–H and O–H groups in total. The van der Waals surface area contributed by atoms with E-state index >= 15 is 0 Å². The Balaban J connectivity index is 2.14. The smallest absolute Gasteiger partial charge is 0.276 e. The number of aryl methyl sites for hydroxylation is 1. The highest BCUT2D eigenvalue weighted by atomic mass is 19.1. The van der Waals surface area contributed by atoms with Crippen molar-refractivity contribution in [1.29, 1.82) is 0 Å². The molecule has 4 amide bonds. The van der Waals surface area contributed by atoms with Crippen molar-refractivity contribution in [2.45, 2.75) is 26.2 Å². The van der Waals surface area contributed by atoms with E-state index in [2.05, 4.69) is 0 Å². The van der Waals surface area contributed by atoms with Gasteiger partial charge in [0.05, 0.1) is 0 Å². The van der Waals surface area contributed by atoms with E-state index in [0.717, 1.165) is 6.07 Å². The Morgan fingerprint density at radius 2 is 1.86 bits per heavy atom. The number of carbonyl (C=O) groups excluding carboxylic acids is 3. The molecule has 7 heteroatoms. The van der Waals surface area contributed by atoms with E-state index < -0.39 is 40.6 Å².